The molecule has 3 N–H and O–H groups in total. The summed E-state index contributed by atoms with van der Waals surface area (Å²) in [6.45, 7) is 2.15. The van der Waals surface area contributed by atoms with Crippen LogP contribution in [0.5, 0.6) is 0 Å². The Hall–Kier alpha value is -0.610. The topological polar surface area (TPSA) is 64.4 Å². The molecule has 0 saturated carbocycles. The first kappa shape index (κ1) is 7.50. The highest BCUT2D eigenvalue weighted by molar-refractivity contribution is 5.74. The van der Waals surface area contributed by atoms with E-state index in [9.17, 15) is 4.79 Å². The van der Waals surface area contributed by atoms with E-state index in [2.05, 4.69) is 5.32 Å². The zero-order valence-corrected chi connectivity index (χ0v) is 5.80. The van der Waals surface area contributed by atoms with Crippen LogP contribution in [-0.2, 0) is 9.53 Å². The second-order valence-corrected chi connectivity index (χ2v) is 2.40. The van der Waals surface area contributed by atoms with Gasteiger partial charge in [-0.25, -0.2) is 0 Å². The Labute approximate surface area is 59.7 Å². The number of nitrogens with two attached hydrogens (primary N) is 1. The van der Waals surface area contributed by atoms with Gasteiger partial charge in [-0.15, -0.1) is 0 Å². The van der Waals surface area contributed by atoms with E-state index in [1.807, 2.05) is 0 Å². The fraction of sp³-hybridized carbons (Fsp3) is 0.833. The lowest BCUT2D eigenvalue weighted by atomic mass is 10.2. The summed E-state index contributed by atoms with van der Waals surface area (Å²) in [5.41, 5.74) is 4.99. The van der Waals surface area contributed by atoms with Crippen molar-refractivity contribution in [3.8, 4) is 0 Å². The van der Waals surface area contributed by atoms with Gasteiger partial charge in [0, 0.05) is 19.0 Å². The molecule has 1 atom stereocenters. The Morgan fingerprint density at radius 3 is 3.10 bits per heavy atom. The molecule has 0 unspecified atom stereocenters. The van der Waals surface area contributed by atoms with Crippen molar-refractivity contribution in [1.82, 2.24) is 5.32 Å². The van der Waals surface area contributed by atoms with Crippen LogP contribution in [0.2, 0.25) is 0 Å². The first-order chi connectivity index (χ1) is 4.79. The first-order valence-electron chi connectivity index (χ1n) is 3.38. The highest BCUT2D eigenvalue weighted by atomic mass is 16.5. The molecule has 1 saturated heterocycles. The Bertz CT molecular complexity index is 121. The summed E-state index contributed by atoms with van der Waals surface area (Å²) in [7, 11) is 0. The lowest BCUT2D eigenvalue weighted by Crippen LogP contribution is -2.43. The van der Waals surface area contributed by atoms with Crippen LogP contribution >= 0.6 is 0 Å². The average molecular weight is 144 g/mol. The van der Waals surface area contributed by atoms with Crippen molar-refractivity contribution >= 4 is 5.91 Å². The molecule has 0 aromatic rings. The molecule has 1 rings (SSSR count). The van der Waals surface area contributed by atoms with E-state index in [1.165, 1.54) is 0 Å². The van der Waals surface area contributed by atoms with Gasteiger partial charge in [0.05, 0.1) is 13.2 Å². The van der Waals surface area contributed by atoms with Crippen molar-refractivity contribution in [3.05, 3.63) is 0 Å². The molecule has 0 radical (unpaired) electrons. The third kappa shape index (κ3) is 2.33. The fourth-order valence-electron chi connectivity index (χ4n) is 0.994. The van der Waals surface area contributed by atoms with Crippen molar-refractivity contribution in [1.29, 1.82) is 0 Å². The van der Waals surface area contributed by atoms with Gasteiger partial charge in [-0.2, -0.15) is 0 Å². The number of rotatable bonds is 2. The third-order valence-electron chi connectivity index (χ3n) is 1.45. The summed E-state index contributed by atoms with van der Waals surface area (Å²) < 4.78 is 5.11. The lowest BCUT2D eigenvalue weighted by Gasteiger charge is -2.22. The van der Waals surface area contributed by atoms with Crippen LogP contribution in [0, 0.1) is 0 Å². The molecule has 58 valence electrons. The van der Waals surface area contributed by atoms with Crippen LogP contribution in [0.15, 0.2) is 0 Å². The standard InChI is InChI=1S/C6H12N2O2/c7-6(9)3-5-4-10-2-1-8-5/h5,8H,1-4H2,(H2,7,9)/t5-/m1/s1. The van der Waals surface area contributed by atoms with Crippen LogP contribution in [0.3, 0.4) is 0 Å². The SMILES string of the molecule is NC(=O)C[C@@H]1COCCN1. The third-order valence-corrected chi connectivity index (χ3v) is 1.45. The minimum absolute atomic E-state index is 0.131. The van der Waals surface area contributed by atoms with Crippen LogP contribution in [0.25, 0.3) is 0 Å². The van der Waals surface area contributed by atoms with E-state index in [1.54, 1.807) is 0 Å². The number of hydrogen-bond donors (Lipinski definition) is 2. The Morgan fingerprint density at radius 1 is 1.80 bits per heavy atom. The van der Waals surface area contributed by atoms with Gasteiger partial charge in [0.1, 0.15) is 0 Å². The summed E-state index contributed by atoms with van der Waals surface area (Å²) in [5, 5.41) is 3.12. The summed E-state index contributed by atoms with van der Waals surface area (Å²) in [5.74, 6) is -0.275. The van der Waals surface area contributed by atoms with Gasteiger partial charge in [-0.05, 0) is 0 Å². The summed E-state index contributed by atoms with van der Waals surface area (Å²) in [4.78, 5) is 10.4. The van der Waals surface area contributed by atoms with E-state index in [4.69, 9.17) is 10.5 Å². The van der Waals surface area contributed by atoms with Crippen molar-refractivity contribution in [3.63, 3.8) is 0 Å². The van der Waals surface area contributed by atoms with Crippen LogP contribution in [-0.4, -0.2) is 31.7 Å². The molecule has 0 spiro atoms. The molecule has 0 aromatic carbocycles. The molecule has 1 heterocycles. The predicted molar refractivity (Wildman–Crippen MR) is 36.4 cm³/mol. The normalized spacial score (nSPS) is 26.2. The number of morpholine rings is 1. The number of nitrogens with one attached hydrogen (secondary N) is 1. The van der Waals surface area contributed by atoms with E-state index in [0.29, 0.717) is 13.0 Å². The van der Waals surface area contributed by atoms with Gasteiger partial charge in [-0.1, -0.05) is 0 Å². The van der Waals surface area contributed by atoms with Crippen molar-refractivity contribution in [2.24, 2.45) is 5.73 Å². The molecule has 0 bridgehead atoms. The molecule has 1 fully saturated rings. The van der Waals surface area contributed by atoms with Crippen molar-refractivity contribution < 1.29 is 9.53 Å². The van der Waals surface area contributed by atoms with Crippen LogP contribution in [0.1, 0.15) is 6.42 Å². The van der Waals surface area contributed by atoms with Gasteiger partial charge in [0.25, 0.3) is 0 Å². The maximum atomic E-state index is 10.4. The first-order valence-corrected chi connectivity index (χ1v) is 3.38. The molecule has 1 amide bonds. The highest BCUT2D eigenvalue weighted by Crippen LogP contribution is 1.96. The van der Waals surface area contributed by atoms with E-state index in [0.717, 1.165) is 13.2 Å². The zero-order valence-electron chi connectivity index (χ0n) is 5.80. The molecular formula is C6H12N2O2. The van der Waals surface area contributed by atoms with Crippen molar-refractivity contribution in [2.75, 3.05) is 19.8 Å². The average Bonchev–Trinajstić information content (AvgIpc) is 1.88. The molecule has 0 aliphatic carbocycles. The molecular weight excluding hydrogens is 132 g/mol. The number of carbonyl (C=O) groups excluding carboxylic acids is 1. The predicted octanol–water partition coefficient (Wildman–Crippen LogP) is -1.15. The minimum atomic E-state index is -0.275. The molecule has 1 aliphatic rings. The summed E-state index contributed by atoms with van der Waals surface area (Å²) in [6.07, 6.45) is 0.375. The Kier molecular flexibility index (Phi) is 2.65. The maximum Gasteiger partial charge on any atom is 0.219 e. The van der Waals surface area contributed by atoms with E-state index >= 15 is 0 Å². The second-order valence-electron chi connectivity index (χ2n) is 2.40. The van der Waals surface area contributed by atoms with Crippen LogP contribution < -0.4 is 11.1 Å². The second kappa shape index (κ2) is 3.53. The largest absolute Gasteiger partial charge is 0.378 e. The summed E-state index contributed by atoms with van der Waals surface area (Å²) >= 11 is 0. The molecule has 4 heteroatoms. The highest BCUT2D eigenvalue weighted by Gasteiger charge is 2.14. The minimum Gasteiger partial charge on any atom is -0.378 e. The number of amides is 1. The van der Waals surface area contributed by atoms with Gasteiger partial charge in [0.15, 0.2) is 0 Å². The number of carbonyl (C=O) groups is 1. The monoisotopic (exact) mass is 144 g/mol. The molecule has 0 aromatic heterocycles. The molecule has 1 aliphatic heterocycles. The number of hydrogen-bond acceptors (Lipinski definition) is 3. The zero-order chi connectivity index (χ0) is 7.40. The Morgan fingerprint density at radius 2 is 2.60 bits per heavy atom. The smallest absolute Gasteiger partial charge is 0.219 e. The molecule has 10 heavy (non-hydrogen) atoms. The summed E-state index contributed by atoms with van der Waals surface area (Å²) in [6, 6.07) is 0.131. The van der Waals surface area contributed by atoms with Gasteiger partial charge >= 0.3 is 0 Å². The quantitative estimate of drug-likeness (QED) is 0.514. The van der Waals surface area contributed by atoms with Crippen LogP contribution in [0.4, 0.5) is 0 Å². The Balaban J connectivity index is 2.19. The maximum absolute atomic E-state index is 10.4. The van der Waals surface area contributed by atoms with Gasteiger partial charge < -0.3 is 15.8 Å². The van der Waals surface area contributed by atoms with Gasteiger partial charge in [0.2, 0.25) is 5.91 Å². The lowest BCUT2D eigenvalue weighted by molar-refractivity contribution is -0.119. The van der Waals surface area contributed by atoms with E-state index < -0.39 is 0 Å². The van der Waals surface area contributed by atoms with E-state index in [-0.39, 0.29) is 11.9 Å². The van der Waals surface area contributed by atoms with Crippen molar-refractivity contribution in [2.45, 2.75) is 12.5 Å². The number of primary amides is 1. The van der Waals surface area contributed by atoms with Gasteiger partial charge in [-0.3, -0.25) is 4.79 Å². The number of ether oxygens (including phenoxy) is 1. The fourth-order valence-corrected chi connectivity index (χ4v) is 0.994. The molecule has 4 nitrogen and oxygen atoms in total.